The summed E-state index contributed by atoms with van der Waals surface area (Å²) in [5.41, 5.74) is 5.59. The summed E-state index contributed by atoms with van der Waals surface area (Å²) >= 11 is 6.45. The van der Waals surface area contributed by atoms with Crippen molar-refractivity contribution < 1.29 is 4.74 Å². The highest BCUT2D eigenvalue weighted by Gasteiger charge is 2.29. The number of anilines is 4. The van der Waals surface area contributed by atoms with Crippen LogP contribution in [0.5, 0.6) is 5.75 Å². The molecule has 0 amide bonds. The first-order chi connectivity index (χ1) is 19.3. The lowest BCUT2D eigenvalue weighted by Gasteiger charge is -2.41. The van der Waals surface area contributed by atoms with Crippen LogP contribution in [0.4, 0.5) is 23.1 Å². The van der Waals surface area contributed by atoms with Gasteiger partial charge in [0.2, 0.25) is 5.95 Å². The number of aryl methyl sites for hydroxylation is 2. The molecule has 0 unspecified atom stereocenters. The van der Waals surface area contributed by atoms with Crippen LogP contribution in [0.1, 0.15) is 62.1 Å². The summed E-state index contributed by atoms with van der Waals surface area (Å²) in [6.07, 6.45) is 6.64. The summed E-state index contributed by atoms with van der Waals surface area (Å²) in [4.78, 5) is 14.3. The Kier molecular flexibility index (Phi) is 9.13. The number of para-hydroxylation sites is 1. The van der Waals surface area contributed by atoms with Gasteiger partial charge in [0.05, 0.1) is 18.0 Å². The van der Waals surface area contributed by atoms with E-state index in [1.165, 1.54) is 63.0 Å². The number of benzene rings is 2. The second-order valence-corrected chi connectivity index (χ2v) is 12.1. The Bertz CT molecular complexity index is 1300. The third-order valence-electron chi connectivity index (χ3n) is 8.29. The molecule has 3 aromatic rings. The average molecular weight is 563 g/mol. The molecule has 2 aliphatic rings. The number of hydrogen-bond acceptors (Lipinski definition) is 7. The molecule has 0 atom stereocenters. The molecule has 0 spiro atoms. The van der Waals surface area contributed by atoms with Crippen LogP contribution in [0.25, 0.3) is 0 Å². The van der Waals surface area contributed by atoms with Crippen LogP contribution in [0.3, 0.4) is 0 Å². The minimum absolute atomic E-state index is 0.0480. The monoisotopic (exact) mass is 562 g/mol. The number of rotatable bonds is 8. The number of piperidine rings is 2. The Hall–Kier alpha value is -2.87. The van der Waals surface area contributed by atoms with E-state index in [1.807, 2.05) is 18.2 Å². The van der Waals surface area contributed by atoms with Gasteiger partial charge in [0.1, 0.15) is 10.8 Å². The van der Waals surface area contributed by atoms with Gasteiger partial charge in [-0.2, -0.15) is 4.98 Å². The van der Waals surface area contributed by atoms with Crippen LogP contribution in [0, 0.1) is 13.8 Å². The maximum absolute atomic E-state index is 6.45. The second kappa shape index (κ2) is 12.8. The quantitative estimate of drug-likeness (QED) is 0.299. The van der Waals surface area contributed by atoms with Crippen molar-refractivity contribution in [2.24, 2.45) is 0 Å². The maximum Gasteiger partial charge on any atom is 0.229 e. The fourth-order valence-electron chi connectivity index (χ4n) is 6.00. The highest BCUT2D eigenvalue weighted by atomic mass is 35.5. The van der Waals surface area contributed by atoms with Crippen LogP contribution in [-0.4, -0.2) is 65.1 Å². The Morgan fingerprint density at radius 1 is 0.925 bits per heavy atom. The topological polar surface area (TPSA) is 65.6 Å². The number of nitrogens with zero attached hydrogens (tertiary/aromatic N) is 4. The molecular weight excluding hydrogens is 520 g/mol. The standard InChI is InChI=1S/C32H43ClN6O/c1-21(2)40-30-19-26(24-10-16-39(17-11-24)25-12-14-38(5)15-13-25)23(4)18-29(30)36-32-34-20-27(33)31(37-32)35-28-9-7-6-8-22(28)3/h6-9,18-21,24-25H,10-17H2,1-5H3,(H2,34,35,36,37). The second-order valence-electron chi connectivity index (χ2n) is 11.7. The Labute approximate surface area is 244 Å². The smallest absolute Gasteiger partial charge is 0.229 e. The van der Waals surface area contributed by atoms with E-state index in [-0.39, 0.29) is 6.10 Å². The molecule has 40 heavy (non-hydrogen) atoms. The lowest BCUT2D eigenvalue weighted by molar-refractivity contribution is 0.0965. The van der Waals surface area contributed by atoms with Gasteiger partial charge >= 0.3 is 0 Å². The first-order valence-corrected chi connectivity index (χ1v) is 15.0. The van der Waals surface area contributed by atoms with E-state index >= 15 is 0 Å². The number of halogens is 1. The number of nitrogens with one attached hydrogen (secondary N) is 2. The zero-order valence-corrected chi connectivity index (χ0v) is 25.3. The Morgan fingerprint density at radius 2 is 1.65 bits per heavy atom. The minimum Gasteiger partial charge on any atom is -0.489 e. The zero-order chi connectivity index (χ0) is 28.2. The molecule has 8 heteroatoms. The van der Waals surface area contributed by atoms with Gasteiger partial charge in [0.15, 0.2) is 5.82 Å². The van der Waals surface area contributed by atoms with Crippen LogP contribution in [-0.2, 0) is 0 Å². The molecule has 7 nitrogen and oxygen atoms in total. The van der Waals surface area contributed by atoms with Gasteiger partial charge in [0.25, 0.3) is 0 Å². The molecule has 3 heterocycles. The van der Waals surface area contributed by atoms with Crippen molar-refractivity contribution in [1.82, 2.24) is 19.8 Å². The van der Waals surface area contributed by atoms with E-state index in [0.717, 1.165) is 28.7 Å². The third kappa shape index (κ3) is 6.88. The fourth-order valence-corrected chi connectivity index (χ4v) is 6.14. The molecule has 2 aromatic carbocycles. The first-order valence-electron chi connectivity index (χ1n) is 14.6. The summed E-state index contributed by atoms with van der Waals surface area (Å²) in [6.45, 7) is 13.2. The minimum atomic E-state index is 0.0480. The van der Waals surface area contributed by atoms with Crippen molar-refractivity contribution in [3.05, 3.63) is 64.3 Å². The molecule has 2 N–H and O–H groups in total. The number of aromatic nitrogens is 2. The van der Waals surface area contributed by atoms with E-state index in [4.69, 9.17) is 21.3 Å². The average Bonchev–Trinajstić information content (AvgIpc) is 2.93. The molecule has 2 aliphatic heterocycles. The van der Waals surface area contributed by atoms with Gasteiger partial charge in [-0.3, -0.25) is 0 Å². The molecule has 2 saturated heterocycles. The molecule has 0 saturated carbocycles. The normalized spacial score (nSPS) is 17.8. The number of likely N-dealkylation sites (tertiary alicyclic amines) is 2. The van der Waals surface area contributed by atoms with Gasteiger partial charge < -0.3 is 25.2 Å². The van der Waals surface area contributed by atoms with E-state index in [0.29, 0.717) is 22.7 Å². The van der Waals surface area contributed by atoms with Crippen LogP contribution in [0.2, 0.25) is 5.02 Å². The van der Waals surface area contributed by atoms with Crippen LogP contribution in [0.15, 0.2) is 42.6 Å². The van der Waals surface area contributed by atoms with Gasteiger partial charge in [-0.25, -0.2) is 4.98 Å². The van der Waals surface area contributed by atoms with Crippen molar-refractivity contribution in [3.63, 3.8) is 0 Å². The van der Waals surface area contributed by atoms with Gasteiger partial charge in [0, 0.05) is 11.7 Å². The molecule has 1 aromatic heterocycles. The molecule has 0 aliphatic carbocycles. The Balaban J connectivity index is 1.33. The highest BCUT2D eigenvalue weighted by Crippen LogP contribution is 2.39. The highest BCUT2D eigenvalue weighted by molar-refractivity contribution is 6.32. The summed E-state index contributed by atoms with van der Waals surface area (Å²) in [6, 6.07) is 13.2. The number of ether oxygens (including phenoxy) is 1. The molecule has 5 rings (SSSR count). The zero-order valence-electron chi connectivity index (χ0n) is 24.5. The van der Waals surface area contributed by atoms with E-state index in [1.54, 1.807) is 6.20 Å². The third-order valence-corrected chi connectivity index (χ3v) is 8.57. The SMILES string of the molecule is Cc1ccccc1Nc1nc(Nc2cc(C)c(C3CCN(C4CCN(C)CC4)CC3)cc2OC(C)C)ncc1Cl. The first kappa shape index (κ1) is 28.7. The molecular formula is C32H43ClN6O. The van der Waals surface area contributed by atoms with Crippen molar-refractivity contribution in [1.29, 1.82) is 0 Å². The maximum atomic E-state index is 6.45. The van der Waals surface area contributed by atoms with E-state index < -0.39 is 0 Å². The summed E-state index contributed by atoms with van der Waals surface area (Å²) in [5.74, 6) is 2.40. The van der Waals surface area contributed by atoms with Crippen LogP contribution < -0.4 is 15.4 Å². The molecule has 0 radical (unpaired) electrons. The summed E-state index contributed by atoms with van der Waals surface area (Å²) < 4.78 is 6.32. The van der Waals surface area contributed by atoms with Crippen LogP contribution >= 0.6 is 11.6 Å². The van der Waals surface area contributed by atoms with Gasteiger partial charge in [-0.1, -0.05) is 29.8 Å². The largest absolute Gasteiger partial charge is 0.489 e. The predicted octanol–water partition coefficient (Wildman–Crippen LogP) is 7.29. The lowest BCUT2D eigenvalue weighted by atomic mass is 9.85. The molecule has 0 bridgehead atoms. The summed E-state index contributed by atoms with van der Waals surface area (Å²) in [7, 11) is 2.24. The number of hydrogen-bond donors (Lipinski definition) is 2. The van der Waals surface area contributed by atoms with Gasteiger partial charge in [-0.05, 0) is 127 Å². The van der Waals surface area contributed by atoms with Crippen molar-refractivity contribution in [2.75, 3.05) is 43.9 Å². The van der Waals surface area contributed by atoms with Gasteiger partial charge in [-0.15, -0.1) is 0 Å². The Morgan fingerprint density at radius 3 is 2.35 bits per heavy atom. The molecule has 2 fully saturated rings. The molecule has 214 valence electrons. The van der Waals surface area contributed by atoms with Crippen molar-refractivity contribution in [2.45, 2.75) is 71.4 Å². The lowest BCUT2D eigenvalue weighted by Crippen LogP contribution is -2.46. The van der Waals surface area contributed by atoms with Crippen molar-refractivity contribution in [3.8, 4) is 5.75 Å². The summed E-state index contributed by atoms with van der Waals surface area (Å²) in [5, 5.41) is 7.22. The predicted molar refractivity (Wildman–Crippen MR) is 166 cm³/mol. The fraction of sp³-hybridized carbons (Fsp3) is 0.500. The van der Waals surface area contributed by atoms with Crippen molar-refractivity contribution >= 4 is 34.7 Å². The van der Waals surface area contributed by atoms with E-state index in [9.17, 15) is 0 Å². The van der Waals surface area contributed by atoms with E-state index in [2.05, 4.69) is 78.4 Å².